The standard InChI is InChI=1S/C27H32N4O6S/c1-18(32)29-21-5-9-24(10-6-21)38(36,37)30-22-3-7-23(8-4-22)31-14-12-20(13-15-31)28-17-27(35)19-2-11-25(33)26(34)16-19/h2-11,16,20,27-28,30,33-35H,12-15,17H2,1H3,(H,29,32)/t27-/m1/s1. The molecule has 0 bridgehead atoms. The first-order valence-electron chi connectivity index (χ1n) is 12.3. The summed E-state index contributed by atoms with van der Waals surface area (Å²) in [6, 6.07) is 17.7. The third-order valence-corrected chi connectivity index (χ3v) is 7.85. The monoisotopic (exact) mass is 540 g/mol. The molecule has 1 heterocycles. The average Bonchev–Trinajstić information content (AvgIpc) is 2.89. The molecule has 1 saturated heterocycles. The zero-order chi connectivity index (χ0) is 27.3. The summed E-state index contributed by atoms with van der Waals surface area (Å²) < 4.78 is 28.0. The van der Waals surface area contributed by atoms with Crippen molar-refractivity contribution in [3.05, 3.63) is 72.3 Å². The number of hydrogen-bond donors (Lipinski definition) is 6. The smallest absolute Gasteiger partial charge is 0.261 e. The molecule has 3 aromatic carbocycles. The number of rotatable bonds is 9. The van der Waals surface area contributed by atoms with E-state index < -0.39 is 16.1 Å². The van der Waals surface area contributed by atoms with Gasteiger partial charge in [0.2, 0.25) is 5.91 Å². The summed E-state index contributed by atoms with van der Waals surface area (Å²) in [6.45, 7) is 3.33. The van der Waals surface area contributed by atoms with Gasteiger partial charge in [-0.3, -0.25) is 9.52 Å². The van der Waals surface area contributed by atoms with Crippen molar-refractivity contribution in [1.29, 1.82) is 0 Å². The minimum atomic E-state index is -3.77. The van der Waals surface area contributed by atoms with Crippen LogP contribution in [-0.2, 0) is 14.8 Å². The highest BCUT2D eigenvalue weighted by Crippen LogP contribution is 2.28. The second-order valence-electron chi connectivity index (χ2n) is 9.29. The Labute approximate surface area is 222 Å². The van der Waals surface area contributed by atoms with Gasteiger partial charge < -0.3 is 30.9 Å². The molecule has 10 nitrogen and oxygen atoms in total. The van der Waals surface area contributed by atoms with Gasteiger partial charge in [0, 0.05) is 49.7 Å². The Hall–Kier alpha value is -3.80. The number of hydrogen-bond acceptors (Lipinski definition) is 8. The highest BCUT2D eigenvalue weighted by atomic mass is 32.2. The van der Waals surface area contributed by atoms with Crippen LogP contribution in [0.1, 0.15) is 31.4 Å². The van der Waals surface area contributed by atoms with Gasteiger partial charge >= 0.3 is 0 Å². The van der Waals surface area contributed by atoms with Crippen molar-refractivity contribution in [2.24, 2.45) is 0 Å². The maximum Gasteiger partial charge on any atom is 0.261 e. The van der Waals surface area contributed by atoms with Crippen LogP contribution in [-0.4, -0.2) is 55.3 Å². The number of phenols is 2. The Balaban J connectivity index is 1.26. The molecule has 1 atom stereocenters. The summed E-state index contributed by atoms with van der Waals surface area (Å²) in [6.07, 6.45) is 0.943. The van der Waals surface area contributed by atoms with Crippen LogP contribution in [0, 0.1) is 0 Å². The lowest BCUT2D eigenvalue weighted by Crippen LogP contribution is -2.43. The van der Waals surface area contributed by atoms with Gasteiger partial charge in [0.1, 0.15) is 0 Å². The van der Waals surface area contributed by atoms with E-state index >= 15 is 0 Å². The molecule has 202 valence electrons. The quantitative estimate of drug-likeness (QED) is 0.227. The Morgan fingerprint density at radius 1 is 0.947 bits per heavy atom. The Kier molecular flexibility index (Phi) is 8.40. The van der Waals surface area contributed by atoms with Crippen molar-refractivity contribution >= 4 is 33.0 Å². The van der Waals surface area contributed by atoms with Crippen LogP contribution in [0.15, 0.2) is 71.6 Å². The van der Waals surface area contributed by atoms with Crippen molar-refractivity contribution in [3.8, 4) is 11.5 Å². The number of aliphatic hydroxyl groups excluding tert-OH is 1. The number of carbonyl (C=O) groups is 1. The number of piperidine rings is 1. The van der Waals surface area contributed by atoms with E-state index in [9.17, 15) is 28.5 Å². The van der Waals surface area contributed by atoms with Gasteiger partial charge in [-0.05, 0) is 79.1 Å². The molecule has 4 rings (SSSR count). The van der Waals surface area contributed by atoms with E-state index in [1.54, 1.807) is 18.2 Å². The summed E-state index contributed by atoms with van der Waals surface area (Å²) in [4.78, 5) is 13.5. The van der Waals surface area contributed by atoms with E-state index in [0.717, 1.165) is 31.6 Å². The van der Waals surface area contributed by atoms with Crippen LogP contribution in [0.4, 0.5) is 17.1 Å². The molecule has 0 saturated carbocycles. The molecule has 1 aliphatic heterocycles. The molecule has 0 spiro atoms. The molecular weight excluding hydrogens is 508 g/mol. The van der Waals surface area contributed by atoms with Gasteiger partial charge in [-0.25, -0.2) is 8.42 Å². The van der Waals surface area contributed by atoms with Gasteiger partial charge in [-0.1, -0.05) is 6.07 Å². The fourth-order valence-electron chi connectivity index (χ4n) is 4.36. The lowest BCUT2D eigenvalue weighted by Gasteiger charge is -2.34. The SMILES string of the molecule is CC(=O)Nc1ccc(S(=O)(=O)Nc2ccc(N3CCC(NC[C@@H](O)c4ccc(O)c(O)c4)CC3)cc2)cc1. The molecule has 0 radical (unpaired) electrons. The van der Waals surface area contributed by atoms with Gasteiger partial charge in [-0.2, -0.15) is 0 Å². The van der Waals surface area contributed by atoms with E-state index in [1.165, 1.54) is 43.3 Å². The molecule has 1 fully saturated rings. The number of anilines is 3. The van der Waals surface area contributed by atoms with E-state index in [2.05, 4.69) is 20.3 Å². The van der Waals surface area contributed by atoms with E-state index in [0.29, 0.717) is 23.5 Å². The van der Waals surface area contributed by atoms with Gasteiger partial charge in [-0.15, -0.1) is 0 Å². The average molecular weight is 541 g/mol. The predicted octanol–water partition coefficient (Wildman–Crippen LogP) is 3.15. The topological polar surface area (TPSA) is 151 Å². The number of nitrogens with one attached hydrogen (secondary N) is 3. The molecule has 3 aromatic rings. The molecule has 0 aliphatic carbocycles. The molecule has 1 aliphatic rings. The predicted molar refractivity (Wildman–Crippen MR) is 146 cm³/mol. The highest BCUT2D eigenvalue weighted by molar-refractivity contribution is 7.92. The number of aromatic hydroxyl groups is 2. The molecular formula is C27H32N4O6S. The molecule has 11 heteroatoms. The number of benzene rings is 3. The van der Waals surface area contributed by atoms with E-state index in [4.69, 9.17) is 0 Å². The normalized spacial score (nSPS) is 15.2. The fourth-order valence-corrected chi connectivity index (χ4v) is 5.42. The van der Waals surface area contributed by atoms with Crippen LogP contribution >= 0.6 is 0 Å². The van der Waals surface area contributed by atoms with Gasteiger partial charge in [0.05, 0.1) is 11.0 Å². The van der Waals surface area contributed by atoms with Crippen LogP contribution < -0.4 is 20.3 Å². The second kappa shape index (κ2) is 11.7. The van der Waals surface area contributed by atoms with Crippen LogP contribution in [0.3, 0.4) is 0 Å². The molecule has 0 aromatic heterocycles. The van der Waals surface area contributed by atoms with Crippen LogP contribution in [0.5, 0.6) is 11.5 Å². The number of amides is 1. The number of carbonyl (C=O) groups excluding carboxylic acids is 1. The zero-order valence-electron chi connectivity index (χ0n) is 21.0. The number of sulfonamides is 1. The number of aliphatic hydroxyl groups is 1. The Morgan fingerprint density at radius 3 is 2.18 bits per heavy atom. The summed E-state index contributed by atoms with van der Waals surface area (Å²) in [7, 11) is -3.77. The largest absolute Gasteiger partial charge is 0.504 e. The van der Waals surface area contributed by atoms with E-state index in [1.807, 2.05) is 12.1 Å². The summed E-state index contributed by atoms with van der Waals surface area (Å²) in [5.41, 5.74) is 2.49. The lowest BCUT2D eigenvalue weighted by molar-refractivity contribution is -0.114. The second-order valence-corrected chi connectivity index (χ2v) is 11.0. The third-order valence-electron chi connectivity index (χ3n) is 6.45. The minimum absolute atomic E-state index is 0.0950. The molecule has 6 N–H and O–H groups in total. The van der Waals surface area contributed by atoms with Crippen molar-refractivity contribution in [1.82, 2.24) is 5.32 Å². The Morgan fingerprint density at radius 2 is 1.58 bits per heavy atom. The fraction of sp³-hybridized carbons (Fsp3) is 0.296. The maximum atomic E-state index is 12.7. The molecule has 0 unspecified atom stereocenters. The van der Waals surface area contributed by atoms with Crippen LogP contribution in [0.25, 0.3) is 0 Å². The first kappa shape index (κ1) is 27.2. The van der Waals surface area contributed by atoms with Crippen molar-refractivity contribution < 1.29 is 28.5 Å². The van der Waals surface area contributed by atoms with Crippen molar-refractivity contribution in [3.63, 3.8) is 0 Å². The van der Waals surface area contributed by atoms with Gasteiger partial charge in [0.25, 0.3) is 10.0 Å². The van der Waals surface area contributed by atoms with Gasteiger partial charge in [0.15, 0.2) is 11.5 Å². The first-order valence-corrected chi connectivity index (χ1v) is 13.8. The number of phenolic OH excluding ortho intramolecular Hbond substituents is 2. The summed E-state index contributed by atoms with van der Waals surface area (Å²) in [5, 5.41) is 35.4. The summed E-state index contributed by atoms with van der Waals surface area (Å²) >= 11 is 0. The van der Waals surface area contributed by atoms with Crippen molar-refractivity contribution in [2.45, 2.75) is 36.8 Å². The third kappa shape index (κ3) is 6.94. The van der Waals surface area contributed by atoms with Crippen molar-refractivity contribution in [2.75, 3.05) is 34.6 Å². The zero-order valence-corrected chi connectivity index (χ0v) is 21.8. The van der Waals surface area contributed by atoms with E-state index in [-0.39, 0.29) is 28.3 Å². The highest BCUT2D eigenvalue weighted by Gasteiger charge is 2.21. The first-order chi connectivity index (χ1) is 18.1. The maximum absolute atomic E-state index is 12.7. The minimum Gasteiger partial charge on any atom is -0.504 e. The Bertz CT molecular complexity index is 1360. The summed E-state index contributed by atoms with van der Waals surface area (Å²) in [5.74, 6) is -0.710. The lowest BCUT2D eigenvalue weighted by atomic mass is 10.0. The molecule has 1 amide bonds. The van der Waals surface area contributed by atoms with Crippen LogP contribution in [0.2, 0.25) is 0 Å². The number of nitrogens with zero attached hydrogens (tertiary/aromatic N) is 1. The molecule has 38 heavy (non-hydrogen) atoms.